The second-order valence-electron chi connectivity index (χ2n) is 7.85. The lowest BCUT2D eigenvalue weighted by atomic mass is 9.86. The number of anilines is 2. The molecule has 0 aromatic heterocycles. The number of fused-ring (bicyclic) bond motifs is 1. The van der Waals surface area contributed by atoms with Crippen molar-refractivity contribution >= 4 is 23.4 Å². The van der Waals surface area contributed by atoms with E-state index in [0.29, 0.717) is 17.1 Å². The summed E-state index contributed by atoms with van der Waals surface area (Å²) in [5.74, 6) is 0.118. The van der Waals surface area contributed by atoms with Crippen LogP contribution < -0.4 is 15.0 Å². The number of carbonyl (C=O) groups is 2. The van der Waals surface area contributed by atoms with Crippen LogP contribution in [0.25, 0.3) is 0 Å². The summed E-state index contributed by atoms with van der Waals surface area (Å²) < 4.78 is 10.9. The van der Waals surface area contributed by atoms with Gasteiger partial charge < -0.3 is 19.9 Å². The first-order chi connectivity index (χ1) is 13.7. The van der Waals surface area contributed by atoms with Crippen molar-refractivity contribution < 1.29 is 24.2 Å². The minimum Gasteiger partial charge on any atom is -0.508 e. The van der Waals surface area contributed by atoms with E-state index in [1.54, 1.807) is 43.3 Å². The van der Waals surface area contributed by atoms with Gasteiger partial charge in [0.05, 0.1) is 18.8 Å². The number of phenolic OH excluding ortho intramolecular Hbond substituents is 1. The van der Waals surface area contributed by atoms with Crippen molar-refractivity contribution in [3.05, 3.63) is 48.0 Å². The molecule has 0 saturated heterocycles. The Kier molecular flexibility index (Phi) is 5.68. The summed E-state index contributed by atoms with van der Waals surface area (Å²) >= 11 is 0. The monoisotopic (exact) mass is 398 g/mol. The Hall–Kier alpha value is -3.22. The van der Waals surface area contributed by atoms with E-state index < -0.39 is 18.1 Å². The Labute approximate surface area is 170 Å². The lowest BCUT2D eigenvalue weighted by Crippen LogP contribution is -2.49. The first-order valence-electron chi connectivity index (χ1n) is 9.55. The zero-order chi connectivity index (χ0) is 21.2. The lowest BCUT2D eigenvalue weighted by molar-refractivity contribution is -0.122. The van der Waals surface area contributed by atoms with Gasteiger partial charge in [-0.05, 0) is 36.1 Å². The number of hydrogen-bond donors (Lipinski definition) is 2. The molecule has 3 rings (SSSR count). The van der Waals surface area contributed by atoms with Crippen LogP contribution in [0, 0.1) is 0 Å². The van der Waals surface area contributed by atoms with E-state index in [4.69, 9.17) is 9.47 Å². The van der Waals surface area contributed by atoms with Crippen molar-refractivity contribution in [1.29, 1.82) is 0 Å². The fraction of sp³-hybridized carbons (Fsp3) is 0.364. The van der Waals surface area contributed by atoms with Crippen LogP contribution in [0.4, 0.5) is 16.2 Å². The molecule has 1 unspecified atom stereocenters. The second kappa shape index (κ2) is 8.03. The molecule has 7 nitrogen and oxygen atoms in total. The number of amides is 2. The first-order valence-corrected chi connectivity index (χ1v) is 9.55. The SMILES string of the molecule is CCOC(=O)N1CC(C(=O)Nc2ccc(C(C)(C)C)c(O)c2)Oc2ccccc21. The first kappa shape index (κ1) is 20.5. The third-order valence-corrected chi connectivity index (χ3v) is 4.63. The molecular weight excluding hydrogens is 372 g/mol. The van der Waals surface area contributed by atoms with Crippen molar-refractivity contribution in [2.75, 3.05) is 23.4 Å². The number of nitrogens with zero attached hydrogens (tertiary/aromatic N) is 1. The molecule has 0 aliphatic carbocycles. The molecule has 1 aliphatic heterocycles. The largest absolute Gasteiger partial charge is 0.508 e. The molecule has 7 heteroatoms. The van der Waals surface area contributed by atoms with Gasteiger partial charge in [0.2, 0.25) is 0 Å². The summed E-state index contributed by atoms with van der Waals surface area (Å²) in [4.78, 5) is 26.5. The van der Waals surface area contributed by atoms with Gasteiger partial charge in [-0.1, -0.05) is 39.0 Å². The molecule has 154 valence electrons. The number of ether oxygens (including phenoxy) is 2. The molecule has 2 N–H and O–H groups in total. The third kappa shape index (κ3) is 4.45. The van der Waals surface area contributed by atoms with Crippen molar-refractivity contribution in [3.63, 3.8) is 0 Å². The number of nitrogens with one attached hydrogen (secondary N) is 1. The van der Waals surface area contributed by atoms with E-state index in [-0.39, 0.29) is 24.3 Å². The fourth-order valence-electron chi connectivity index (χ4n) is 3.21. The van der Waals surface area contributed by atoms with Crippen LogP contribution in [-0.2, 0) is 14.9 Å². The summed E-state index contributed by atoms with van der Waals surface area (Å²) in [5, 5.41) is 13.1. The van der Waals surface area contributed by atoms with Gasteiger partial charge in [-0.25, -0.2) is 4.79 Å². The van der Waals surface area contributed by atoms with Gasteiger partial charge in [0, 0.05) is 11.8 Å². The van der Waals surface area contributed by atoms with Gasteiger partial charge in [0.1, 0.15) is 11.5 Å². The topological polar surface area (TPSA) is 88.1 Å². The van der Waals surface area contributed by atoms with Gasteiger partial charge in [-0.15, -0.1) is 0 Å². The smallest absolute Gasteiger partial charge is 0.414 e. The van der Waals surface area contributed by atoms with Crippen LogP contribution in [0.3, 0.4) is 0 Å². The van der Waals surface area contributed by atoms with Crippen molar-refractivity contribution in [2.24, 2.45) is 0 Å². The zero-order valence-corrected chi connectivity index (χ0v) is 17.1. The Morgan fingerprint density at radius 1 is 1.24 bits per heavy atom. The third-order valence-electron chi connectivity index (χ3n) is 4.63. The van der Waals surface area contributed by atoms with E-state index in [1.807, 2.05) is 20.8 Å². The molecule has 0 spiro atoms. The van der Waals surface area contributed by atoms with Gasteiger partial charge in [-0.2, -0.15) is 0 Å². The molecule has 0 fully saturated rings. The number of benzene rings is 2. The maximum absolute atomic E-state index is 12.8. The van der Waals surface area contributed by atoms with Gasteiger partial charge in [0.15, 0.2) is 6.10 Å². The second-order valence-corrected chi connectivity index (χ2v) is 7.85. The maximum atomic E-state index is 12.8. The predicted molar refractivity (Wildman–Crippen MR) is 111 cm³/mol. The number of hydrogen-bond acceptors (Lipinski definition) is 5. The van der Waals surface area contributed by atoms with E-state index >= 15 is 0 Å². The van der Waals surface area contributed by atoms with Crippen molar-refractivity contribution in [1.82, 2.24) is 0 Å². The highest BCUT2D eigenvalue weighted by Gasteiger charge is 2.34. The number of carbonyl (C=O) groups excluding carboxylic acids is 2. The predicted octanol–water partition coefficient (Wildman–Crippen LogP) is 4.05. The molecule has 2 aromatic rings. The average Bonchev–Trinajstić information content (AvgIpc) is 2.66. The summed E-state index contributed by atoms with van der Waals surface area (Å²) in [6.07, 6.45) is -1.45. The standard InChI is InChI=1S/C22H26N2O5/c1-5-28-21(27)24-13-19(29-18-9-7-6-8-16(18)24)20(26)23-14-10-11-15(17(25)12-14)22(2,3)4/h6-12,19,25H,5,13H2,1-4H3,(H,23,26). The minimum absolute atomic E-state index is 0.0216. The van der Waals surface area contributed by atoms with Crippen LogP contribution in [-0.4, -0.2) is 36.4 Å². The molecule has 0 radical (unpaired) electrons. The number of rotatable bonds is 3. The highest BCUT2D eigenvalue weighted by molar-refractivity contribution is 5.98. The number of para-hydroxylation sites is 2. The molecule has 1 heterocycles. The summed E-state index contributed by atoms with van der Waals surface area (Å²) in [6, 6.07) is 12.0. The summed E-state index contributed by atoms with van der Waals surface area (Å²) in [5.41, 5.74) is 1.57. The van der Waals surface area contributed by atoms with E-state index in [0.717, 1.165) is 5.56 Å². The van der Waals surface area contributed by atoms with Crippen molar-refractivity contribution in [3.8, 4) is 11.5 Å². The van der Waals surface area contributed by atoms with Gasteiger partial charge in [0.25, 0.3) is 5.91 Å². The van der Waals surface area contributed by atoms with Gasteiger partial charge in [-0.3, -0.25) is 9.69 Å². The average molecular weight is 398 g/mol. The van der Waals surface area contributed by atoms with Gasteiger partial charge >= 0.3 is 6.09 Å². The van der Waals surface area contributed by atoms with Crippen LogP contribution in [0.5, 0.6) is 11.5 Å². The van der Waals surface area contributed by atoms with E-state index in [1.165, 1.54) is 11.0 Å². The zero-order valence-electron chi connectivity index (χ0n) is 17.1. The van der Waals surface area contributed by atoms with E-state index in [2.05, 4.69) is 5.32 Å². The van der Waals surface area contributed by atoms with Crippen LogP contribution in [0.2, 0.25) is 0 Å². The molecule has 2 aromatic carbocycles. The normalized spacial score (nSPS) is 15.9. The van der Waals surface area contributed by atoms with E-state index in [9.17, 15) is 14.7 Å². The molecule has 2 amide bonds. The molecule has 0 bridgehead atoms. The summed E-state index contributed by atoms with van der Waals surface area (Å²) in [6.45, 7) is 7.97. The Morgan fingerprint density at radius 3 is 2.62 bits per heavy atom. The number of aromatic hydroxyl groups is 1. The molecule has 29 heavy (non-hydrogen) atoms. The molecule has 0 saturated carbocycles. The Balaban J connectivity index is 1.79. The highest BCUT2D eigenvalue weighted by Crippen LogP contribution is 2.35. The highest BCUT2D eigenvalue weighted by atomic mass is 16.6. The fourth-order valence-corrected chi connectivity index (χ4v) is 3.21. The molecule has 1 aliphatic rings. The summed E-state index contributed by atoms with van der Waals surface area (Å²) in [7, 11) is 0. The van der Waals surface area contributed by atoms with Crippen LogP contribution >= 0.6 is 0 Å². The quantitative estimate of drug-likeness (QED) is 0.814. The Morgan fingerprint density at radius 2 is 1.97 bits per heavy atom. The number of phenols is 1. The molecular formula is C22H26N2O5. The van der Waals surface area contributed by atoms with Crippen LogP contribution in [0.15, 0.2) is 42.5 Å². The lowest BCUT2D eigenvalue weighted by Gasteiger charge is -2.33. The van der Waals surface area contributed by atoms with Crippen molar-refractivity contribution in [2.45, 2.75) is 39.2 Å². The minimum atomic E-state index is -0.918. The Bertz CT molecular complexity index is 920. The molecule has 1 atom stereocenters. The van der Waals surface area contributed by atoms with Crippen LogP contribution in [0.1, 0.15) is 33.3 Å². The maximum Gasteiger partial charge on any atom is 0.414 e.